The zero-order valence-corrected chi connectivity index (χ0v) is 23.6. The van der Waals surface area contributed by atoms with E-state index in [4.69, 9.17) is 28.8 Å². The number of esters is 1. The van der Waals surface area contributed by atoms with Gasteiger partial charge in [-0.2, -0.15) is 0 Å². The first-order chi connectivity index (χ1) is 17.8. The van der Waals surface area contributed by atoms with Crippen LogP contribution >= 0.6 is 0 Å². The highest BCUT2D eigenvalue weighted by molar-refractivity contribution is 5.77. The van der Waals surface area contributed by atoms with E-state index in [2.05, 4.69) is 39.8 Å². The van der Waals surface area contributed by atoms with Gasteiger partial charge in [-0.05, 0) is 67.8 Å². The minimum atomic E-state index is -0.441. The molecule has 0 amide bonds. The summed E-state index contributed by atoms with van der Waals surface area (Å²) in [7, 11) is 0. The van der Waals surface area contributed by atoms with Crippen LogP contribution in [0.15, 0.2) is 23.3 Å². The fourth-order valence-corrected chi connectivity index (χ4v) is 6.77. The molecule has 0 aromatic carbocycles. The van der Waals surface area contributed by atoms with Gasteiger partial charge in [0.05, 0.1) is 64.9 Å². The van der Waals surface area contributed by atoms with E-state index >= 15 is 0 Å². The molecule has 1 fully saturated rings. The molecule has 3 rings (SSSR count). The van der Waals surface area contributed by atoms with Gasteiger partial charge in [0.25, 0.3) is 0 Å². The molecule has 0 bridgehead atoms. The highest BCUT2D eigenvalue weighted by Crippen LogP contribution is 2.62. The summed E-state index contributed by atoms with van der Waals surface area (Å²) in [6.45, 7) is 13.0. The highest BCUT2D eigenvalue weighted by atomic mass is 16.6. The van der Waals surface area contributed by atoms with Crippen molar-refractivity contribution in [3.05, 3.63) is 23.3 Å². The van der Waals surface area contributed by atoms with Gasteiger partial charge < -0.3 is 28.8 Å². The van der Waals surface area contributed by atoms with Gasteiger partial charge in [0.1, 0.15) is 6.61 Å². The Morgan fingerprint density at radius 3 is 2.14 bits per heavy atom. The van der Waals surface area contributed by atoms with Crippen molar-refractivity contribution in [2.24, 2.45) is 28.6 Å². The van der Waals surface area contributed by atoms with Crippen molar-refractivity contribution < 1.29 is 33.6 Å². The Bertz CT molecular complexity index is 776. The number of carbonyl (C=O) groups is 1. The van der Waals surface area contributed by atoms with Crippen molar-refractivity contribution in [3.8, 4) is 0 Å². The molecule has 0 aliphatic heterocycles. The van der Waals surface area contributed by atoms with Crippen LogP contribution in [0.5, 0.6) is 0 Å². The molecule has 0 heterocycles. The lowest BCUT2D eigenvalue weighted by Crippen LogP contribution is -2.53. The molecule has 0 spiro atoms. The van der Waals surface area contributed by atoms with Crippen LogP contribution in [0, 0.1) is 28.6 Å². The molecule has 0 saturated heterocycles. The lowest BCUT2D eigenvalue weighted by molar-refractivity contribution is -0.171. The van der Waals surface area contributed by atoms with E-state index in [-0.39, 0.29) is 24.6 Å². The topological polar surface area (TPSA) is 83.5 Å². The average molecular weight is 523 g/mol. The summed E-state index contributed by atoms with van der Waals surface area (Å²) in [6.07, 6.45) is 11.4. The minimum absolute atomic E-state index is 0.0255. The molecule has 0 radical (unpaired) electrons. The normalized spacial score (nSPS) is 29.4. The molecule has 1 N–H and O–H groups in total. The zero-order chi connectivity index (χ0) is 26.7. The molecule has 1 saturated carbocycles. The van der Waals surface area contributed by atoms with Crippen LogP contribution in [0.1, 0.15) is 66.2 Å². The first kappa shape index (κ1) is 30.3. The van der Waals surface area contributed by atoms with Gasteiger partial charge in [-0.1, -0.05) is 44.9 Å². The van der Waals surface area contributed by atoms with E-state index in [1.165, 1.54) is 24.8 Å². The van der Waals surface area contributed by atoms with Crippen molar-refractivity contribution in [1.82, 2.24) is 0 Å². The minimum Gasteiger partial charge on any atom is -0.463 e. The number of hydrogen-bond donors (Lipinski definition) is 1. The third-order valence-corrected chi connectivity index (χ3v) is 8.86. The maximum Gasteiger partial charge on any atom is 0.312 e. The van der Waals surface area contributed by atoms with Crippen LogP contribution in [-0.4, -0.2) is 77.1 Å². The number of allylic oxidation sites excluding steroid dienone is 4. The molecule has 7 heteroatoms. The van der Waals surface area contributed by atoms with Crippen LogP contribution in [0.25, 0.3) is 0 Å². The third-order valence-electron chi connectivity index (χ3n) is 8.86. The van der Waals surface area contributed by atoms with Gasteiger partial charge in [0.2, 0.25) is 0 Å². The molecule has 37 heavy (non-hydrogen) atoms. The predicted octanol–water partition coefficient (Wildman–Crippen LogP) is 4.72. The van der Waals surface area contributed by atoms with E-state index < -0.39 is 5.41 Å². The van der Waals surface area contributed by atoms with Crippen LogP contribution in [0.4, 0.5) is 0 Å². The fraction of sp³-hybridized carbons (Fsp3) is 0.833. The Morgan fingerprint density at radius 1 is 0.946 bits per heavy atom. The van der Waals surface area contributed by atoms with Gasteiger partial charge in [-0.15, -0.1) is 0 Å². The molecule has 4 atom stereocenters. The Morgan fingerprint density at radius 2 is 1.54 bits per heavy atom. The smallest absolute Gasteiger partial charge is 0.312 e. The van der Waals surface area contributed by atoms with E-state index in [9.17, 15) is 4.79 Å². The summed E-state index contributed by atoms with van der Waals surface area (Å²) in [6, 6.07) is 0. The number of aliphatic hydroxyl groups excluding tert-OH is 1. The second kappa shape index (κ2) is 14.8. The van der Waals surface area contributed by atoms with Crippen LogP contribution < -0.4 is 0 Å². The number of fused-ring (bicyclic) bond motifs is 3. The van der Waals surface area contributed by atoms with E-state index in [1.807, 2.05) is 0 Å². The molecule has 212 valence electrons. The van der Waals surface area contributed by atoms with Crippen molar-refractivity contribution >= 4 is 5.97 Å². The number of aliphatic hydroxyl groups is 1. The average Bonchev–Trinajstić information content (AvgIpc) is 2.88. The Balaban J connectivity index is 1.36. The van der Waals surface area contributed by atoms with Crippen molar-refractivity contribution in [2.45, 2.75) is 66.2 Å². The Labute approximate surface area is 223 Å². The first-order valence-corrected chi connectivity index (χ1v) is 14.3. The van der Waals surface area contributed by atoms with Crippen LogP contribution in [0.2, 0.25) is 0 Å². The second-order valence-corrected chi connectivity index (χ2v) is 11.5. The first-order valence-electron chi connectivity index (χ1n) is 14.3. The van der Waals surface area contributed by atoms with Gasteiger partial charge in [0.15, 0.2) is 0 Å². The Kier molecular flexibility index (Phi) is 12.1. The van der Waals surface area contributed by atoms with E-state index in [0.29, 0.717) is 70.6 Å². The van der Waals surface area contributed by atoms with Crippen molar-refractivity contribution in [2.75, 3.05) is 66.1 Å². The Hall–Kier alpha value is -1.25. The predicted molar refractivity (Wildman–Crippen MR) is 143 cm³/mol. The van der Waals surface area contributed by atoms with Crippen molar-refractivity contribution in [3.63, 3.8) is 0 Å². The molecule has 4 unspecified atom stereocenters. The molecule has 3 aliphatic carbocycles. The summed E-state index contributed by atoms with van der Waals surface area (Å²) in [4.78, 5) is 13.4. The molecule has 0 aromatic rings. The van der Waals surface area contributed by atoms with Gasteiger partial charge in [-0.25, -0.2) is 0 Å². The van der Waals surface area contributed by atoms with Gasteiger partial charge >= 0.3 is 5.97 Å². The molecule has 0 aromatic heterocycles. The summed E-state index contributed by atoms with van der Waals surface area (Å²) < 4.78 is 27.3. The molecular weight excluding hydrogens is 472 g/mol. The van der Waals surface area contributed by atoms with Crippen molar-refractivity contribution in [1.29, 1.82) is 0 Å². The zero-order valence-electron chi connectivity index (χ0n) is 23.6. The van der Waals surface area contributed by atoms with Gasteiger partial charge in [0, 0.05) is 0 Å². The van der Waals surface area contributed by atoms with Crippen LogP contribution in [0.3, 0.4) is 0 Å². The fourth-order valence-electron chi connectivity index (χ4n) is 6.77. The van der Waals surface area contributed by atoms with E-state index in [0.717, 1.165) is 19.3 Å². The number of hydrogen-bond acceptors (Lipinski definition) is 7. The summed E-state index contributed by atoms with van der Waals surface area (Å²) in [5.74, 6) is 1.42. The third kappa shape index (κ3) is 7.89. The number of rotatable bonds is 16. The quantitative estimate of drug-likeness (QED) is 0.232. The SMILES string of the molecule is CC(C)C1=CC2=CCC3C(C)(C(=O)OCCOCCOCCOCCOCCO)CCCC3(C)C2CC1. The monoisotopic (exact) mass is 522 g/mol. The second-order valence-electron chi connectivity index (χ2n) is 11.5. The molecule has 7 nitrogen and oxygen atoms in total. The number of carbonyl (C=O) groups excluding carboxylic acids is 1. The van der Waals surface area contributed by atoms with Gasteiger partial charge in [-0.3, -0.25) is 4.79 Å². The maximum absolute atomic E-state index is 13.4. The summed E-state index contributed by atoms with van der Waals surface area (Å²) in [5.41, 5.74) is 2.80. The largest absolute Gasteiger partial charge is 0.463 e. The van der Waals surface area contributed by atoms with Crippen LogP contribution in [-0.2, 0) is 28.5 Å². The lowest BCUT2D eigenvalue weighted by atomic mass is 9.47. The number of ether oxygens (including phenoxy) is 5. The van der Waals surface area contributed by atoms with E-state index in [1.54, 1.807) is 5.57 Å². The summed E-state index contributed by atoms with van der Waals surface area (Å²) in [5, 5.41) is 8.62. The lowest BCUT2D eigenvalue weighted by Gasteiger charge is -2.57. The highest BCUT2D eigenvalue weighted by Gasteiger charge is 2.57. The molecule has 3 aliphatic rings. The molecular formula is C30H50O7. The maximum atomic E-state index is 13.4. The standard InChI is InChI=1S/C30H50O7/c1-23(2)24-6-8-26-25(22-24)7-9-27-29(26,3)10-5-11-30(27,4)28(32)37-21-20-36-19-18-35-17-16-34-15-14-33-13-12-31/h7,22-23,26-27,31H,5-6,8-21H2,1-4H3. The summed E-state index contributed by atoms with van der Waals surface area (Å²) >= 11 is 0.